The molecule has 0 saturated heterocycles. The Hall–Kier alpha value is -0.860. The molecule has 2 nitrogen and oxygen atoms in total. The Morgan fingerprint density at radius 2 is 2.07 bits per heavy atom. The van der Waals surface area contributed by atoms with Crippen molar-refractivity contribution in [3.63, 3.8) is 0 Å². The van der Waals surface area contributed by atoms with Gasteiger partial charge in [-0.3, -0.25) is 0 Å². The van der Waals surface area contributed by atoms with Gasteiger partial charge in [0.1, 0.15) is 0 Å². The normalized spacial score (nSPS) is 12.7. The van der Waals surface area contributed by atoms with Crippen LogP contribution in [-0.4, -0.2) is 19.1 Å². The molecular formula is C13H22N2. The summed E-state index contributed by atoms with van der Waals surface area (Å²) in [6.45, 7) is 6.18. The van der Waals surface area contributed by atoms with E-state index in [9.17, 15) is 0 Å². The summed E-state index contributed by atoms with van der Waals surface area (Å²) >= 11 is 0. The van der Waals surface area contributed by atoms with Crippen LogP contribution < -0.4 is 11.1 Å². The third-order valence-electron chi connectivity index (χ3n) is 2.66. The van der Waals surface area contributed by atoms with E-state index in [0.29, 0.717) is 6.04 Å². The summed E-state index contributed by atoms with van der Waals surface area (Å²) in [4.78, 5) is 0. The van der Waals surface area contributed by atoms with Crippen LogP contribution in [0.2, 0.25) is 0 Å². The van der Waals surface area contributed by atoms with Crippen molar-refractivity contribution in [3.8, 4) is 0 Å². The van der Waals surface area contributed by atoms with E-state index in [1.807, 2.05) is 0 Å². The second-order valence-electron chi connectivity index (χ2n) is 4.13. The van der Waals surface area contributed by atoms with Crippen LogP contribution >= 0.6 is 0 Å². The predicted octanol–water partition coefficient (Wildman–Crippen LogP) is 1.86. The second kappa shape index (κ2) is 6.59. The second-order valence-corrected chi connectivity index (χ2v) is 4.13. The van der Waals surface area contributed by atoms with Crippen LogP contribution in [0.1, 0.15) is 24.5 Å². The molecule has 1 rings (SSSR count). The van der Waals surface area contributed by atoms with Gasteiger partial charge in [0.2, 0.25) is 0 Å². The minimum Gasteiger partial charge on any atom is -0.330 e. The molecule has 0 aromatic heterocycles. The molecule has 0 radical (unpaired) electrons. The summed E-state index contributed by atoms with van der Waals surface area (Å²) in [5.41, 5.74) is 8.27. The highest BCUT2D eigenvalue weighted by Gasteiger charge is 2.03. The van der Waals surface area contributed by atoms with Crippen LogP contribution in [0.3, 0.4) is 0 Å². The van der Waals surface area contributed by atoms with E-state index in [0.717, 1.165) is 25.9 Å². The number of nitrogens with two attached hydrogens (primary N) is 1. The van der Waals surface area contributed by atoms with Crippen molar-refractivity contribution in [2.24, 2.45) is 5.73 Å². The van der Waals surface area contributed by atoms with E-state index in [4.69, 9.17) is 5.73 Å². The molecule has 1 atom stereocenters. The number of rotatable bonds is 6. The molecule has 0 amide bonds. The smallest absolute Gasteiger partial charge is 0.00792 e. The van der Waals surface area contributed by atoms with Gasteiger partial charge in [0, 0.05) is 6.04 Å². The topological polar surface area (TPSA) is 38.0 Å². The van der Waals surface area contributed by atoms with Crippen LogP contribution in [0.4, 0.5) is 0 Å². The van der Waals surface area contributed by atoms with Gasteiger partial charge in [0.15, 0.2) is 0 Å². The monoisotopic (exact) mass is 206 g/mol. The fraction of sp³-hybridized carbons (Fsp3) is 0.538. The van der Waals surface area contributed by atoms with Crippen LogP contribution in [0, 0.1) is 6.92 Å². The summed E-state index contributed by atoms with van der Waals surface area (Å²) in [6.07, 6.45) is 2.15. The third-order valence-corrected chi connectivity index (χ3v) is 2.66. The molecule has 84 valence electrons. The molecular weight excluding hydrogens is 184 g/mol. The van der Waals surface area contributed by atoms with Crippen molar-refractivity contribution in [2.45, 2.75) is 32.7 Å². The quantitative estimate of drug-likeness (QED) is 0.697. The third kappa shape index (κ3) is 4.45. The highest BCUT2D eigenvalue weighted by molar-refractivity contribution is 5.26. The Balaban J connectivity index is 2.37. The van der Waals surface area contributed by atoms with Crippen molar-refractivity contribution in [2.75, 3.05) is 13.1 Å². The first-order valence-corrected chi connectivity index (χ1v) is 5.72. The zero-order chi connectivity index (χ0) is 11.1. The number of benzene rings is 1. The highest BCUT2D eigenvalue weighted by atomic mass is 14.9. The molecule has 0 saturated carbocycles. The standard InChI is InChI=1S/C13H22N2/c1-11-6-3-4-7-13(11)10-12(2)15-9-5-8-14/h3-4,6-7,12,15H,5,8-10,14H2,1-2H3. The zero-order valence-electron chi connectivity index (χ0n) is 9.79. The average Bonchev–Trinajstić information content (AvgIpc) is 2.22. The molecule has 3 N–H and O–H groups in total. The first-order chi connectivity index (χ1) is 7.24. The van der Waals surface area contributed by atoms with Gasteiger partial charge in [-0.1, -0.05) is 24.3 Å². The largest absolute Gasteiger partial charge is 0.330 e. The van der Waals surface area contributed by atoms with E-state index in [1.54, 1.807) is 0 Å². The molecule has 15 heavy (non-hydrogen) atoms. The van der Waals surface area contributed by atoms with Crippen molar-refractivity contribution >= 4 is 0 Å². The first kappa shape index (κ1) is 12.2. The Bertz CT molecular complexity index is 284. The maximum Gasteiger partial charge on any atom is 0.00792 e. The summed E-state index contributed by atoms with van der Waals surface area (Å²) in [6, 6.07) is 9.09. The molecule has 0 aliphatic rings. The van der Waals surface area contributed by atoms with Gasteiger partial charge in [-0.2, -0.15) is 0 Å². The van der Waals surface area contributed by atoms with Gasteiger partial charge in [-0.05, 0) is 50.9 Å². The molecule has 0 heterocycles. The Labute approximate surface area is 92.9 Å². The van der Waals surface area contributed by atoms with Crippen molar-refractivity contribution in [3.05, 3.63) is 35.4 Å². The Morgan fingerprint density at radius 1 is 1.33 bits per heavy atom. The van der Waals surface area contributed by atoms with Crippen molar-refractivity contribution < 1.29 is 0 Å². The number of hydrogen-bond acceptors (Lipinski definition) is 2. The molecule has 1 unspecified atom stereocenters. The summed E-state index contributed by atoms with van der Waals surface area (Å²) in [5, 5.41) is 3.48. The van der Waals surface area contributed by atoms with Gasteiger partial charge >= 0.3 is 0 Å². The van der Waals surface area contributed by atoms with Gasteiger partial charge < -0.3 is 11.1 Å². The number of aryl methyl sites for hydroxylation is 1. The van der Waals surface area contributed by atoms with Gasteiger partial charge in [0.05, 0.1) is 0 Å². The molecule has 1 aromatic carbocycles. The van der Waals surface area contributed by atoms with E-state index < -0.39 is 0 Å². The van der Waals surface area contributed by atoms with Crippen molar-refractivity contribution in [1.82, 2.24) is 5.32 Å². The average molecular weight is 206 g/mol. The molecule has 1 aromatic rings. The Kier molecular flexibility index (Phi) is 5.37. The van der Waals surface area contributed by atoms with Crippen LogP contribution in [0.5, 0.6) is 0 Å². The minimum atomic E-state index is 0.526. The lowest BCUT2D eigenvalue weighted by atomic mass is 10.0. The molecule has 0 aliphatic carbocycles. The van der Waals surface area contributed by atoms with Crippen LogP contribution in [0.25, 0.3) is 0 Å². The van der Waals surface area contributed by atoms with Crippen LogP contribution in [0.15, 0.2) is 24.3 Å². The fourth-order valence-corrected chi connectivity index (χ4v) is 1.69. The zero-order valence-corrected chi connectivity index (χ0v) is 9.79. The lowest BCUT2D eigenvalue weighted by molar-refractivity contribution is 0.536. The summed E-state index contributed by atoms with van der Waals surface area (Å²) in [7, 11) is 0. The molecule has 2 heteroatoms. The lowest BCUT2D eigenvalue weighted by Crippen LogP contribution is -2.30. The van der Waals surface area contributed by atoms with Gasteiger partial charge in [0.25, 0.3) is 0 Å². The predicted molar refractivity (Wildman–Crippen MR) is 66.0 cm³/mol. The first-order valence-electron chi connectivity index (χ1n) is 5.72. The van der Waals surface area contributed by atoms with E-state index in [2.05, 4.69) is 43.4 Å². The molecule has 0 aliphatic heterocycles. The van der Waals surface area contributed by atoms with Gasteiger partial charge in [-0.15, -0.1) is 0 Å². The highest BCUT2D eigenvalue weighted by Crippen LogP contribution is 2.09. The SMILES string of the molecule is Cc1ccccc1CC(C)NCCCN. The lowest BCUT2D eigenvalue weighted by Gasteiger charge is -2.14. The van der Waals surface area contributed by atoms with E-state index in [1.165, 1.54) is 11.1 Å². The number of nitrogens with one attached hydrogen (secondary N) is 1. The minimum absolute atomic E-state index is 0.526. The number of hydrogen-bond donors (Lipinski definition) is 2. The van der Waals surface area contributed by atoms with E-state index >= 15 is 0 Å². The van der Waals surface area contributed by atoms with E-state index in [-0.39, 0.29) is 0 Å². The van der Waals surface area contributed by atoms with Crippen LogP contribution in [-0.2, 0) is 6.42 Å². The fourth-order valence-electron chi connectivity index (χ4n) is 1.69. The van der Waals surface area contributed by atoms with Gasteiger partial charge in [-0.25, -0.2) is 0 Å². The molecule has 0 spiro atoms. The summed E-state index contributed by atoms with van der Waals surface area (Å²) < 4.78 is 0. The van der Waals surface area contributed by atoms with Crippen molar-refractivity contribution in [1.29, 1.82) is 0 Å². The molecule has 0 bridgehead atoms. The maximum absolute atomic E-state index is 5.45. The molecule has 0 fully saturated rings. The maximum atomic E-state index is 5.45. The Morgan fingerprint density at radius 3 is 2.73 bits per heavy atom. The summed E-state index contributed by atoms with van der Waals surface area (Å²) in [5.74, 6) is 0.